The van der Waals surface area contributed by atoms with E-state index in [0.717, 1.165) is 6.20 Å². The number of aromatic nitrogens is 1. The predicted octanol–water partition coefficient (Wildman–Crippen LogP) is 3.11. The molecule has 0 aliphatic carbocycles. The summed E-state index contributed by atoms with van der Waals surface area (Å²) in [5.41, 5.74) is -2.87. The molecule has 0 aromatic carbocycles. The van der Waals surface area contributed by atoms with Crippen molar-refractivity contribution in [3.63, 3.8) is 0 Å². The van der Waals surface area contributed by atoms with E-state index in [1.54, 1.807) is 0 Å². The maximum Gasteiger partial charge on any atom is 0.573 e. The summed E-state index contributed by atoms with van der Waals surface area (Å²) in [6, 6.07) is 0. The molecule has 3 nitrogen and oxygen atoms in total. The van der Waals surface area contributed by atoms with Crippen LogP contribution in [-0.2, 0) is 5.33 Å². The lowest BCUT2D eigenvalue weighted by Gasteiger charge is -2.14. The van der Waals surface area contributed by atoms with Crippen molar-refractivity contribution < 1.29 is 26.7 Å². The highest BCUT2D eigenvalue weighted by Crippen LogP contribution is 2.33. The molecule has 0 aliphatic heterocycles. The molecule has 0 atom stereocenters. The van der Waals surface area contributed by atoms with E-state index >= 15 is 0 Å². The average Bonchev–Trinajstić information content (AvgIpc) is 2.15. The van der Waals surface area contributed by atoms with Gasteiger partial charge >= 0.3 is 6.36 Å². The molecule has 0 bridgehead atoms. The number of aromatic amines is 1. The molecule has 1 heterocycles. The minimum Gasteiger partial charge on any atom is -0.405 e. The SMILES string of the molecule is O=c1[nH]cc(CBr)c(OC(F)(F)F)c1C(F)F. The van der Waals surface area contributed by atoms with Gasteiger partial charge in [-0.3, -0.25) is 4.79 Å². The Labute approximate surface area is 99.7 Å². The number of alkyl halides is 6. The molecule has 0 unspecified atom stereocenters. The van der Waals surface area contributed by atoms with Crippen molar-refractivity contribution in [2.24, 2.45) is 0 Å². The van der Waals surface area contributed by atoms with E-state index in [9.17, 15) is 26.7 Å². The topological polar surface area (TPSA) is 42.1 Å². The first-order valence-electron chi connectivity index (χ1n) is 4.10. The lowest BCUT2D eigenvalue weighted by molar-refractivity contribution is -0.275. The summed E-state index contributed by atoms with van der Waals surface area (Å²) < 4.78 is 64.6. The number of hydrogen-bond donors (Lipinski definition) is 1. The van der Waals surface area contributed by atoms with Crippen LogP contribution in [0.1, 0.15) is 17.6 Å². The second-order valence-electron chi connectivity index (χ2n) is 2.87. The van der Waals surface area contributed by atoms with Crippen LogP contribution in [0.25, 0.3) is 0 Å². The minimum absolute atomic E-state index is 0.172. The highest BCUT2D eigenvalue weighted by molar-refractivity contribution is 9.08. The van der Waals surface area contributed by atoms with Crippen molar-refractivity contribution in [1.29, 1.82) is 0 Å². The average molecular weight is 322 g/mol. The molecular weight excluding hydrogens is 317 g/mol. The summed E-state index contributed by atoms with van der Waals surface area (Å²) in [7, 11) is 0. The fourth-order valence-electron chi connectivity index (χ4n) is 1.11. The molecule has 0 amide bonds. The first-order chi connectivity index (χ1) is 7.76. The van der Waals surface area contributed by atoms with Crippen LogP contribution in [0, 0.1) is 0 Å². The Balaban J connectivity index is 3.40. The van der Waals surface area contributed by atoms with Crippen molar-refractivity contribution in [1.82, 2.24) is 4.98 Å². The maximum atomic E-state index is 12.5. The molecule has 17 heavy (non-hydrogen) atoms. The fraction of sp³-hybridized carbons (Fsp3) is 0.375. The number of ether oxygens (including phenoxy) is 1. The zero-order valence-corrected chi connectivity index (χ0v) is 9.53. The van der Waals surface area contributed by atoms with Gasteiger partial charge in [-0.1, -0.05) is 15.9 Å². The molecule has 9 heteroatoms. The van der Waals surface area contributed by atoms with E-state index in [2.05, 4.69) is 20.7 Å². The lowest BCUT2D eigenvalue weighted by Crippen LogP contribution is -2.23. The van der Waals surface area contributed by atoms with E-state index in [4.69, 9.17) is 0 Å². The second-order valence-corrected chi connectivity index (χ2v) is 3.43. The van der Waals surface area contributed by atoms with Crippen molar-refractivity contribution in [2.75, 3.05) is 0 Å². The quantitative estimate of drug-likeness (QED) is 0.686. The highest BCUT2D eigenvalue weighted by atomic mass is 79.9. The van der Waals surface area contributed by atoms with Gasteiger partial charge < -0.3 is 9.72 Å². The van der Waals surface area contributed by atoms with E-state index in [0.29, 0.717) is 0 Å². The summed E-state index contributed by atoms with van der Waals surface area (Å²) in [5.74, 6) is -1.16. The molecular formula is C8H5BrF5NO2. The molecule has 1 rings (SSSR count). The van der Waals surface area contributed by atoms with Crippen LogP contribution in [0.5, 0.6) is 5.75 Å². The molecule has 0 spiro atoms. The van der Waals surface area contributed by atoms with Crippen molar-refractivity contribution >= 4 is 15.9 Å². The van der Waals surface area contributed by atoms with Crippen molar-refractivity contribution in [3.05, 3.63) is 27.7 Å². The van der Waals surface area contributed by atoms with Gasteiger partial charge in [-0.25, -0.2) is 8.78 Å². The minimum atomic E-state index is -5.14. The van der Waals surface area contributed by atoms with Gasteiger partial charge in [-0.15, -0.1) is 13.2 Å². The van der Waals surface area contributed by atoms with Gasteiger partial charge in [0.2, 0.25) is 0 Å². The van der Waals surface area contributed by atoms with Gasteiger partial charge in [-0.2, -0.15) is 0 Å². The zero-order valence-electron chi connectivity index (χ0n) is 7.95. The van der Waals surface area contributed by atoms with E-state index < -0.39 is 29.7 Å². The van der Waals surface area contributed by atoms with Gasteiger partial charge in [0.1, 0.15) is 11.3 Å². The molecule has 0 radical (unpaired) electrons. The lowest BCUT2D eigenvalue weighted by atomic mass is 10.2. The Morgan fingerprint density at radius 1 is 1.41 bits per heavy atom. The van der Waals surface area contributed by atoms with Gasteiger partial charge in [-0.05, 0) is 0 Å². The van der Waals surface area contributed by atoms with E-state index in [-0.39, 0.29) is 10.9 Å². The largest absolute Gasteiger partial charge is 0.573 e. The maximum absolute atomic E-state index is 12.5. The third-order valence-corrected chi connectivity index (χ3v) is 2.34. The van der Waals surface area contributed by atoms with Crippen LogP contribution in [0.2, 0.25) is 0 Å². The van der Waals surface area contributed by atoms with Gasteiger partial charge in [0.05, 0.1) is 0 Å². The molecule has 96 valence electrons. The predicted molar refractivity (Wildman–Crippen MR) is 51.3 cm³/mol. The first-order valence-corrected chi connectivity index (χ1v) is 5.22. The van der Waals surface area contributed by atoms with Gasteiger partial charge in [0, 0.05) is 17.1 Å². The molecule has 1 aromatic rings. The standard InChI is InChI=1S/C8H5BrF5NO2/c9-1-3-2-15-7(16)4(6(10)11)5(3)17-8(12,13)14/h2,6H,1H2,(H,15,16). The summed E-state index contributed by atoms with van der Waals surface area (Å²) in [6.07, 6.45) is -7.63. The zero-order chi connectivity index (χ0) is 13.2. The third-order valence-electron chi connectivity index (χ3n) is 1.74. The Morgan fingerprint density at radius 2 is 2.00 bits per heavy atom. The number of nitrogens with one attached hydrogen (secondary N) is 1. The number of pyridine rings is 1. The molecule has 0 saturated carbocycles. The monoisotopic (exact) mass is 321 g/mol. The smallest absolute Gasteiger partial charge is 0.405 e. The molecule has 1 aromatic heterocycles. The Bertz CT molecular complexity index is 456. The fourth-order valence-corrected chi connectivity index (χ4v) is 1.52. The summed E-state index contributed by atoms with van der Waals surface area (Å²) in [6.45, 7) is 0. The number of rotatable bonds is 3. The van der Waals surface area contributed by atoms with Crippen LogP contribution in [0.4, 0.5) is 22.0 Å². The Hall–Kier alpha value is -1.12. The normalized spacial score (nSPS) is 11.9. The van der Waals surface area contributed by atoms with Crippen molar-refractivity contribution in [3.8, 4) is 5.75 Å². The molecule has 0 aliphatic rings. The van der Waals surface area contributed by atoms with Crippen molar-refractivity contribution in [2.45, 2.75) is 18.1 Å². The van der Waals surface area contributed by atoms with Crippen LogP contribution < -0.4 is 10.3 Å². The number of halogens is 6. The Kier molecular flexibility index (Phi) is 4.12. The highest BCUT2D eigenvalue weighted by Gasteiger charge is 2.35. The van der Waals surface area contributed by atoms with Crippen LogP contribution in [-0.4, -0.2) is 11.3 Å². The summed E-state index contributed by atoms with van der Waals surface area (Å²) in [4.78, 5) is 13.0. The third kappa shape index (κ3) is 3.42. The van der Waals surface area contributed by atoms with E-state index in [1.807, 2.05) is 4.98 Å². The number of H-pyrrole nitrogens is 1. The molecule has 1 N–H and O–H groups in total. The van der Waals surface area contributed by atoms with Crippen LogP contribution in [0.15, 0.2) is 11.0 Å². The Morgan fingerprint density at radius 3 is 2.41 bits per heavy atom. The second kappa shape index (κ2) is 5.03. The molecule has 0 fully saturated rings. The summed E-state index contributed by atoms with van der Waals surface area (Å²) in [5, 5.41) is -0.172. The molecule has 0 saturated heterocycles. The van der Waals surface area contributed by atoms with Crippen LogP contribution in [0.3, 0.4) is 0 Å². The van der Waals surface area contributed by atoms with Gasteiger partial charge in [0.15, 0.2) is 0 Å². The van der Waals surface area contributed by atoms with E-state index in [1.165, 1.54) is 0 Å². The van der Waals surface area contributed by atoms with Crippen LogP contribution >= 0.6 is 15.9 Å². The first kappa shape index (κ1) is 13.9. The summed E-state index contributed by atoms with van der Waals surface area (Å²) >= 11 is 2.81. The van der Waals surface area contributed by atoms with Gasteiger partial charge in [0.25, 0.3) is 12.0 Å². The number of hydrogen-bond acceptors (Lipinski definition) is 2.